The number of ether oxygens (including phenoxy) is 1. The predicted octanol–water partition coefficient (Wildman–Crippen LogP) is 5.11. The molecule has 0 bridgehead atoms. The van der Waals surface area contributed by atoms with E-state index in [9.17, 15) is 14.0 Å². The van der Waals surface area contributed by atoms with Gasteiger partial charge in [0, 0.05) is 0 Å². The number of aromatic nitrogens is 2. The third-order valence-electron chi connectivity index (χ3n) is 3.72. The highest BCUT2D eigenvalue weighted by Crippen LogP contribution is 2.29. The first-order valence-electron chi connectivity index (χ1n) is 7.85. The molecule has 3 aromatic rings. The third-order valence-corrected chi connectivity index (χ3v) is 5.79. The van der Waals surface area contributed by atoms with Gasteiger partial charge in [0.05, 0.1) is 21.5 Å². The van der Waals surface area contributed by atoms with Crippen LogP contribution in [0.5, 0.6) is 0 Å². The van der Waals surface area contributed by atoms with Crippen molar-refractivity contribution in [3.63, 3.8) is 0 Å². The molecule has 0 atom stereocenters. The van der Waals surface area contributed by atoms with Crippen molar-refractivity contribution in [2.75, 3.05) is 6.61 Å². The van der Waals surface area contributed by atoms with Crippen LogP contribution < -0.4 is 5.56 Å². The highest BCUT2D eigenvalue weighted by Gasteiger charge is 2.20. The molecule has 0 aliphatic heterocycles. The highest BCUT2D eigenvalue weighted by atomic mass is 79.9. The van der Waals surface area contributed by atoms with Crippen molar-refractivity contribution in [2.45, 2.75) is 13.8 Å². The van der Waals surface area contributed by atoms with E-state index in [0.29, 0.717) is 30.7 Å². The lowest BCUT2D eigenvalue weighted by Crippen LogP contribution is -2.10. The molecular formula is C18H13BrClFN2O3S. The number of aromatic amines is 1. The molecule has 0 unspecified atom stereocenters. The van der Waals surface area contributed by atoms with Gasteiger partial charge in [-0.3, -0.25) is 4.79 Å². The van der Waals surface area contributed by atoms with Crippen LogP contribution in [0.2, 0.25) is 0 Å². The van der Waals surface area contributed by atoms with Gasteiger partial charge in [-0.05, 0) is 59.1 Å². The van der Waals surface area contributed by atoms with Crippen molar-refractivity contribution in [3.05, 3.63) is 60.7 Å². The highest BCUT2D eigenvalue weighted by molar-refractivity contribution is 9.10. The number of H-pyrrole nitrogens is 1. The molecule has 0 aliphatic rings. The zero-order chi connectivity index (χ0) is 19.7. The van der Waals surface area contributed by atoms with E-state index in [-0.39, 0.29) is 17.5 Å². The normalized spacial score (nSPS) is 11.8. The summed E-state index contributed by atoms with van der Waals surface area (Å²) in [6, 6.07) is 4.41. The van der Waals surface area contributed by atoms with Gasteiger partial charge in [-0.2, -0.15) is 0 Å². The monoisotopic (exact) mass is 470 g/mol. The molecule has 9 heteroatoms. The number of carbonyl (C=O) groups is 1. The quantitative estimate of drug-likeness (QED) is 0.537. The van der Waals surface area contributed by atoms with Crippen molar-refractivity contribution in [3.8, 4) is 0 Å². The summed E-state index contributed by atoms with van der Waals surface area (Å²) in [4.78, 5) is 32.2. The Morgan fingerprint density at radius 1 is 1.48 bits per heavy atom. The number of nitrogens with one attached hydrogen (secondary N) is 1. The minimum Gasteiger partial charge on any atom is -0.462 e. The molecular weight excluding hydrogens is 459 g/mol. The fraction of sp³-hybridized carbons (Fsp3) is 0.167. The second-order valence-corrected chi connectivity index (χ2v) is 7.80. The molecule has 0 aliphatic carbocycles. The fourth-order valence-electron chi connectivity index (χ4n) is 2.47. The minimum atomic E-state index is -0.489. The van der Waals surface area contributed by atoms with Crippen molar-refractivity contribution in [1.82, 2.24) is 9.97 Å². The van der Waals surface area contributed by atoms with E-state index in [1.165, 1.54) is 6.07 Å². The number of carbonyl (C=O) groups excluding carboxylic acids is 1. The van der Waals surface area contributed by atoms with E-state index in [2.05, 4.69) is 25.9 Å². The number of esters is 1. The molecule has 5 nitrogen and oxygen atoms in total. The van der Waals surface area contributed by atoms with E-state index in [0.717, 1.165) is 11.3 Å². The molecule has 0 saturated carbocycles. The molecule has 2 heterocycles. The van der Waals surface area contributed by atoms with Crippen LogP contribution in [-0.2, 0) is 4.74 Å². The summed E-state index contributed by atoms with van der Waals surface area (Å²) in [6.45, 7) is 3.63. The number of rotatable bonds is 4. The van der Waals surface area contributed by atoms with E-state index in [1.54, 1.807) is 32.1 Å². The summed E-state index contributed by atoms with van der Waals surface area (Å²) >= 11 is 10.5. The Morgan fingerprint density at radius 2 is 2.22 bits per heavy atom. The molecule has 0 fully saturated rings. The minimum absolute atomic E-state index is 0.159. The lowest BCUT2D eigenvalue weighted by Gasteiger charge is -2.01. The van der Waals surface area contributed by atoms with Gasteiger partial charge < -0.3 is 9.72 Å². The topological polar surface area (TPSA) is 72.0 Å². The van der Waals surface area contributed by atoms with E-state index in [1.807, 2.05) is 0 Å². The van der Waals surface area contributed by atoms with Crippen molar-refractivity contribution in [2.24, 2.45) is 0 Å². The number of thiophene rings is 1. The summed E-state index contributed by atoms with van der Waals surface area (Å²) in [5.74, 6) is -0.722. The predicted molar refractivity (Wildman–Crippen MR) is 109 cm³/mol. The molecule has 0 spiro atoms. The van der Waals surface area contributed by atoms with Gasteiger partial charge in [0.25, 0.3) is 5.56 Å². The molecule has 27 heavy (non-hydrogen) atoms. The molecule has 1 aromatic carbocycles. The lowest BCUT2D eigenvalue weighted by atomic mass is 10.2. The summed E-state index contributed by atoms with van der Waals surface area (Å²) in [7, 11) is 0. The van der Waals surface area contributed by atoms with Crippen molar-refractivity contribution in [1.29, 1.82) is 0 Å². The first-order valence-corrected chi connectivity index (χ1v) is 9.83. The van der Waals surface area contributed by atoms with Gasteiger partial charge >= 0.3 is 5.97 Å². The number of hydrogen-bond acceptors (Lipinski definition) is 5. The number of fused-ring (bicyclic) bond motifs is 1. The van der Waals surface area contributed by atoms with Crippen LogP contribution in [0.4, 0.5) is 4.39 Å². The maximum Gasteiger partial charge on any atom is 0.348 e. The summed E-state index contributed by atoms with van der Waals surface area (Å²) < 4.78 is 18.7. The summed E-state index contributed by atoms with van der Waals surface area (Å²) in [6.07, 6.45) is 1.56. The molecule has 0 radical (unpaired) electrons. The zero-order valence-electron chi connectivity index (χ0n) is 14.2. The number of nitrogens with zero attached hydrogens (tertiary/aromatic N) is 1. The smallest absolute Gasteiger partial charge is 0.348 e. The molecule has 1 N–H and O–H groups in total. The maximum atomic E-state index is 13.3. The Balaban J connectivity index is 2.07. The van der Waals surface area contributed by atoms with Crippen LogP contribution in [-0.4, -0.2) is 22.5 Å². The number of benzene rings is 1. The molecule has 0 saturated heterocycles. The van der Waals surface area contributed by atoms with Crippen LogP contribution in [0.15, 0.2) is 27.5 Å². The van der Waals surface area contributed by atoms with E-state index >= 15 is 0 Å². The van der Waals surface area contributed by atoms with E-state index in [4.69, 9.17) is 16.3 Å². The van der Waals surface area contributed by atoms with Gasteiger partial charge in [0.15, 0.2) is 5.82 Å². The second-order valence-electron chi connectivity index (χ2n) is 5.54. The maximum absolute atomic E-state index is 13.3. The average molecular weight is 472 g/mol. The Labute approximate surface area is 171 Å². The first kappa shape index (κ1) is 19.7. The van der Waals surface area contributed by atoms with Gasteiger partial charge in [0.1, 0.15) is 15.5 Å². The summed E-state index contributed by atoms with van der Waals surface area (Å²) in [5.41, 5.74) is 0.757. The summed E-state index contributed by atoms with van der Waals surface area (Å²) in [5, 5.41) is 0.511. The van der Waals surface area contributed by atoms with Crippen molar-refractivity contribution < 1.29 is 13.9 Å². The molecule has 3 rings (SSSR count). The van der Waals surface area contributed by atoms with E-state index < -0.39 is 17.3 Å². The van der Waals surface area contributed by atoms with Crippen LogP contribution in [0.25, 0.3) is 21.3 Å². The Morgan fingerprint density at radius 3 is 2.89 bits per heavy atom. The standard InChI is InChI=1S/C18H13BrClFN2O3S/c1-3-26-18(25)14-8(2)13-16(24)22-15(23-17(13)27-14)11(20)7-9-4-5-12(21)10(19)6-9/h4-7H,3H2,1-2H3,(H,22,23,24)/b11-7-. The van der Waals surface area contributed by atoms with Crippen LogP contribution >= 0.6 is 38.9 Å². The second kappa shape index (κ2) is 7.92. The molecule has 140 valence electrons. The van der Waals surface area contributed by atoms with Gasteiger partial charge in [-0.15, -0.1) is 11.3 Å². The van der Waals surface area contributed by atoms with Gasteiger partial charge in [-0.1, -0.05) is 17.7 Å². The largest absolute Gasteiger partial charge is 0.462 e. The number of hydrogen-bond donors (Lipinski definition) is 1. The molecule has 0 amide bonds. The van der Waals surface area contributed by atoms with Crippen LogP contribution in [0.3, 0.4) is 0 Å². The third kappa shape index (κ3) is 3.97. The Hall–Kier alpha value is -2.03. The molecule has 2 aromatic heterocycles. The Kier molecular flexibility index (Phi) is 5.78. The van der Waals surface area contributed by atoms with Crippen LogP contribution in [0, 0.1) is 12.7 Å². The van der Waals surface area contributed by atoms with Crippen LogP contribution in [0.1, 0.15) is 33.5 Å². The zero-order valence-corrected chi connectivity index (χ0v) is 17.4. The average Bonchev–Trinajstić information content (AvgIpc) is 2.95. The van der Waals surface area contributed by atoms with Crippen molar-refractivity contribution >= 4 is 66.2 Å². The van der Waals surface area contributed by atoms with Gasteiger partial charge in [-0.25, -0.2) is 14.2 Å². The first-order chi connectivity index (χ1) is 12.8. The number of halogens is 3. The van der Waals surface area contributed by atoms with Gasteiger partial charge in [0.2, 0.25) is 0 Å². The fourth-order valence-corrected chi connectivity index (χ4v) is 4.15. The SMILES string of the molecule is CCOC(=O)c1sc2nc(/C(Cl)=C/c3ccc(F)c(Br)c3)[nH]c(=O)c2c1C. The Bertz CT molecular complexity index is 1140. The number of aryl methyl sites for hydroxylation is 1. The lowest BCUT2D eigenvalue weighted by molar-refractivity contribution is 0.0531.